The standard InChI is InChI=1S/C9H10Cl3N3/c1-2-14-9(13)15-8-6(11)3-5(10)4-7(8)12/h3-4H,2H2,1H3,(H3,13,14,15). The molecule has 0 aliphatic heterocycles. The first-order valence-corrected chi connectivity index (χ1v) is 5.39. The van der Waals surface area contributed by atoms with Gasteiger partial charge in [-0.1, -0.05) is 34.8 Å². The number of hydrogen-bond acceptors (Lipinski definition) is 1. The molecule has 0 aliphatic rings. The summed E-state index contributed by atoms with van der Waals surface area (Å²) in [5.41, 5.74) is 6.09. The summed E-state index contributed by atoms with van der Waals surface area (Å²) in [5, 5.41) is 4.09. The molecule has 0 saturated carbocycles. The van der Waals surface area contributed by atoms with Crippen molar-refractivity contribution < 1.29 is 0 Å². The Morgan fingerprint density at radius 1 is 1.33 bits per heavy atom. The summed E-state index contributed by atoms with van der Waals surface area (Å²) in [6, 6.07) is 3.16. The van der Waals surface area contributed by atoms with E-state index in [1.54, 1.807) is 12.1 Å². The van der Waals surface area contributed by atoms with Crippen LogP contribution in [-0.2, 0) is 0 Å². The Hall–Kier alpha value is -0.640. The molecule has 1 rings (SSSR count). The number of guanidine groups is 1. The molecule has 0 radical (unpaired) electrons. The number of nitrogens with two attached hydrogens (primary N) is 1. The quantitative estimate of drug-likeness (QED) is 0.637. The topological polar surface area (TPSA) is 50.4 Å². The lowest BCUT2D eigenvalue weighted by molar-refractivity contribution is 1.12. The Labute approximate surface area is 103 Å². The van der Waals surface area contributed by atoms with Crippen molar-refractivity contribution in [1.82, 2.24) is 0 Å². The van der Waals surface area contributed by atoms with Crippen LogP contribution in [0.3, 0.4) is 0 Å². The normalized spacial score (nSPS) is 11.6. The minimum Gasteiger partial charge on any atom is -0.370 e. The fourth-order valence-corrected chi connectivity index (χ4v) is 1.91. The first-order chi connectivity index (χ1) is 7.04. The first kappa shape index (κ1) is 12.4. The Balaban J connectivity index is 3.00. The van der Waals surface area contributed by atoms with Crippen LogP contribution in [0.4, 0.5) is 5.69 Å². The number of nitrogens with zero attached hydrogens (tertiary/aromatic N) is 1. The van der Waals surface area contributed by atoms with Gasteiger partial charge in [0.1, 0.15) is 0 Å². The average molecular weight is 267 g/mol. The summed E-state index contributed by atoms with van der Waals surface area (Å²) in [5.74, 6) is 0.267. The third kappa shape index (κ3) is 3.45. The second-order valence-corrected chi connectivity index (χ2v) is 3.98. The van der Waals surface area contributed by atoms with Crippen molar-refractivity contribution in [3.63, 3.8) is 0 Å². The molecule has 0 atom stereocenters. The fraction of sp³-hybridized carbons (Fsp3) is 0.222. The molecule has 1 aromatic carbocycles. The lowest BCUT2D eigenvalue weighted by Crippen LogP contribution is -2.23. The van der Waals surface area contributed by atoms with Gasteiger partial charge in [0.2, 0.25) is 0 Å². The van der Waals surface area contributed by atoms with Crippen molar-refractivity contribution in [3.05, 3.63) is 27.2 Å². The van der Waals surface area contributed by atoms with Crippen LogP contribution in [0.1, 0.15) is 6.92 Å². The van der Waals surface area contributed by atoms with Gasteiger partial charge >= 0.3 is 0 Å². The van der Waals surface area contributed by atoms with Crippen LogP contribution in [0.15, 0.2) is 17.1 Å². The van der Waals surface area contributed by atoms with Crippen LogP contribution < -0.4 is 11.1 Å². The van der Waals surface area contributed by atoms with Crippen LogP contribution in [0, 0.1) is 0 Å². The number of nitrogens with one attached hydrogen (secondary N) is 1. The van der Waals surface area contributed by atoms with Crippen molar-refractivity contribution in [3.8, 4) is 0 Å². The summed E-state index contributed by atoms with van der Waals surface area (Å²) in [6.45, 7) is 2.46. The van der Waals surface area contributed by atoms with Crippen LogP contribution in [0.25, 0.3) is 0 Å². The number of benzene rings is 1. The van der Waals surface area contributed by atoms with Gasteiger partial charge in [0.05, 0.1) is 15.7 Å². The van der Waals surface area contributed by atoms with Crippen molar-refractivity contribution in [1.29, 1.82) is 0 Å². The number of hydrogen-bond donors (Lipinski definition) is 2. The number of rotatable bonds is 2. The first-order valence-electron chi connectivity index (χ1n) is 4.26. The molecule has 3 N–H and O–H groups in total. The Morgan fingerprint density at radius 3 is 2.33 bits per heavy atom. The van der Waals surface area contributed by atoms with Crippen LogP contribution in [0.2, 0.25) is 15.1 Å². The molecule has 3 nitrogen and oxygen atoms in total. The van der Waals surface area contributed by atoms with Crippen molar-refractivity contribution in [2.45, 2.75) is 6.92 Å². The van der Waals surface area contributed by atoms with Gasteiger partial charge in [0, 0.05) is 11.6 Å². The molecule has 1 aromatic rings. The zero-order chi connectivity index (χ0) is 11.4. The maximum atomic E-state index is 5.94. The maximum Gasteiger partial charge on any atom is 0.193 e. The molecule has 0 amide bonds. The van der Waals surface area contributed by atoms with Crippen LogP contribution in [0.5, 0.6) is 0 Å². The van der Waals surface area contributed by atoms with Crippen molar-refractivity contribution in [2.24, 2.45) is 10.7 Å². The molecule has 0 unspecified atom stereocenters. The molecule has 0 bridgehead atoms. The molecule has 0 aliphatic carbocycles. The van der Waals surface area contributed by atoms with Gasteiger partial charge in [-0.15, -0.1) is 0 Å². The predicted octanol–water partition coefficient (Wildman–Crippen LogP) is 3.39. The van der Waals surface area contributed by atoms with E-state index in [4.69, 9.17) is 40.5 Å². The Morgan fingerprint density at radius 2 is 1.87 bits per heavy atom. The van der Waals surface area contributed by atoms with Crippen LogP contribution in [-0.4, -0.2) is 12.5 Å². The van der Waals surface area contributed by atoms with E-state index >= 15 is 0 Å². The monoisotopic (exact) mass is 265 g/mol. The highest BCUT2D eigenvalue weighted by Gasteiger charge is 2.08. The molecule has 0 fully saturated rings. The highest BCUT2D eigenvalue weighted by atomic mass is 35.5. The van der Waals surface area contributed by atoms with E-state index in [1.165, 1.54) is 0 Å². The third-order valence-corrected chi connectivity index (χ3v) is 2.40. The van der Waals surface area contributed by atoms with E-state index in [0.717, 1.165) is 0 Å². The average Bonchev–Trinajstić information content (AvgIpc) is 2.11. The number of aliphatic imine (C=N–C) groups is 1. The smallest absolute Gasteiger partial charge is 0.193 e. The third-order valence-electron chi connectivity index (χ3n) is 1.59. The Bertz CT molecular complexity index is 367. The highest BCUT2D eigenvalue weighted by molar-refractivity contribution is 6.42. The second-order valence-electron chi connectivity index (χ2n) is 2.73. The lowest BCUT2D eigenvalue weighted by atomic mass is 10.3. The van der Waals surface area contributed by atoms with Crippen LogP contribution >= 0.6 is 34.8 Å². The molecule has 0 heterocycles. The summed E-state index contributed by atoms with van der Waals surface area (Å²) >= 11 is 17.6. The SMILES string of the molecule is CCN=C(N)Nc1c(Cl)cc(Cl)cc1Cl. The van der Waals surface area contributed by atoms with Gasteiger partial charge in [-0.05, 0) is 19.1 Å². The molecule has 6 heteroatoms. The Kier molecular flexibility index (Phi) is 4.51. The van der Waals surface area contributed by atoms with Crippen molar-refractivity contribution >= 4 is 46.4 Å². The zero-order valence-electron chi connectivity index (χ0n) is 8.02. The summed E-state index contributed by atoms with van der Waals surface area (Å²) in [4.78, 5) is 3.96. The lowest BCUT2D eigenvalue weighted by Gasteiger charge is -2.09. The molecule has 82 valence electrons. The molecule has 0 saturated heterocycles. The van der Waals surface area contributed by atoms with Gasteiger partial charge in [0.15, 0.2) is 5.96 Å². The fourth-order valence-electron chi connectivity index (χ4n) is 1.000. The van der Waals surface area contributed by atoms with Gasteiger partial charge in [0.25, 0.3) is 0 Å². The number of halogens is 3. The highest BCUT2D eigenvalue weighted by Crippen LogP contribution is 2.33. The van der Waals surface area contributed by atoms with E-state index < -0.39 is 0 Å². The van der Waals surface area contributed by atoms with Crippen molar-refractivity contribution in [2.75, 3.05) is 11.9 Å². The minimum atomic E-state index is 0.267. The molecular formula is C9H10Cl3N3. The molecule has 0 aromatic heterocycles. The zero-order valence-corrected chi connectivity index (χ0v) is 10.3. The van der Waals surface area contributed by atoms with Gasteiger partial charge in [-0.25, -0.2) is 0 Å². The van der Waals surface area contributed by atoms with Gasteiger partial charge in [-0.3, -0.25) is 4.99 Å². The summed E-state index contributed by atoms with van der Waals surface area (Å²) in [6.07, 6.45) is 0. The summed E-state index contributed by atoms with van der Waals surface area (Å²) < 4.78 is 0. The minimum absolute atomic E-state index is 0.267. The largest absolute Gasteiger partial charge is 0.370 e. The van der Waals surface area contributed by atoms with E-state index in [1.807, 2.05) is 6.92 Å². The number of anilines is 1. The summed E-state index contributed by atoms with van der Waals surface area (Å²) in [7, 11) is 0. The maximum absolute atomic E-state index is 5.94. The molecular weight excluding hydrogens is 256 g/mol. The van der Waals surface area contributed by atoms with E-state index in [2.05, 4.69) is 10.3 Å². The molecule has 15 heavy (non-hydrogen) atoms. The second kappa shape index (κ2) is 5.45. The van der Waals surface area contributed by atoms with E-state index in [9.17, 15) is 0 Å². The molecule has 0 spiro atoms. The van der Waals surface area contributed by atoms with E-state index in [-0.39, 0.29) is 5.96 Å². The van der Waals surface area contributed by atoms with E-state index in [0.29, 0.717) is 27.3 Å². The predicted molar refractivity (Wildman–Crippen MR) is 67.3 cm³/mol. The van der Waals surface area contributed by atoms with Gasteiger partial charge in [-0.2, -0.15) is 0 Å². The van der Waals surface area contributed by atoms with Gasteiger partial charge < -0.3 is 11.1 Å².